The Morgan fingerprint density at radius 3 is 2.67 bits per heavy atom. The predicted octanol–water partition coefficient (Wildman–Crippen LogP) is 2.37. The van der Waals surface area contributed by atoms with Crippen LogP contribution in [0, 0.1) is 13.8 Å². The van der Waals surface area contributed by atoms with E-state index in [1.54, 1.807) is 10.7 Å². The van der Waals surface area contributed by atoms with Gasteiger partial charge in [-0.1, -0.05) is 11.6 Å². The second kappa shape index (κ2) is 4.96. The maximum absolute atomic E-state index is 8.98. The zero-order valence-electron chi connectivity index (χ0n) is 10.4. The van der Waals surface area contributed by atoms with Gasteiger partial charge < -0.3 is 9.84 Å². The number of aliphatic hydroxyl groups is 1. The number of hydrogen-bond acceptors (Lipinski definition) is 4. The number of ether oxygens (including phenoxy) is 1. The molecule has 0 amide bonds. The van der Waals surface area contributed by atoms with Gasteiger partial charge in [-0.05, 0) is 25.5 Å². The maximum atomic E-state index is 8.98. The third-order valence-electron chi connectivity index (χ3n) is 2.69. The minimum atomic E-state index is -0.0993. The SMILES string of the molecule is Cc1nn(C)c(C)c1Oc1ncc(CO)cc1Cl. The van der Waals surface area contributed by atoms with Gasteiger partial charge in [-0.3, -0.25) is 4.68 Å². The largest absolute Gasteiger partial charge is 0.434 e. The molecule has 1 N–H and O–H groups in total. The summed E-state index contributed by atoms with van der Waals surface area (Å²) in [6.07, 6.45) is 1.53. The number of aryl methyl sites for hydroxylation is 2. The molecule has 0 radical (unpaired) electrons. The molecule has 0 aliphatic heterocycles. The monoisotopic (exact) mass is 267 g/mol. The van der Waals surface area contributed by atoms with Crippen LogP contribution in [0.4, 0.5) is 0 Å². The molecule has 6 heteroatoms. The van der Waals surface area contributed by atoms with E-state index in [9.17, 15) is 0 Å². The molecule has 2 rings (SSSR count). The molecular formula is C12H14ClN3O2. The maximum Gasteiger partial charge on any atom is 0.238 e. The van der Waals surface area contributed by atoms with Crippen LogP contribution in [0.5, 0.6) is 11.6 Å². The smallest absolute Gasteiger partial charge is 0.238 e. The molecule has 0 aliphatic carbocycles. The van der Waals surface area contributed by atoms with Crippen molar-refractivity contribution in [1.29, 1.82) is 0 Å². The van der Waals surface area contributed by atoms with Crippen molar-refractivity contribution in [3.05, 3.63) is 34.2 Å². The molecule has 0 fully saturated rings. The Morgan fingerprint density at radius 1 is 1.44 bits per heavy atom. The van der Waals surface area contributed by atoms with E-state index in [0.717, 1.165) is 11.4 Å². The minimum absolute atomic E-state index is 0.0993. The Labute approximate surface area is 110 Å². The van der Waals surface area contributed by atoms with Gasteiger partial charge in [0.1, 0.15) is 10.7 Å². The van der Waals surface area contributed by atoms with Crippen molar-refractivity contribution in [2.75, 3.05) is 0 Å². The molecule has 0 aromatic carbocycles. The summed E-state index contributed by atoms with van der Waals surface area (Å²) < 4.78 is 7.42. The van der Waals surface area contributed by atoms with Crippen molar-refractivity contribution in [2.24, 2.45) is 7.05 Å². The Hall–Kier alpha value is -1.59. The van der Waals surface area contributed by atoms with Gasteiger partial charge >= 0.3 is 0 Å². The van der Waals surface area contributed by atoms with Gasteiger partial charge in [0.25, 0.3) is 0 Å². The van der Waals surface area contributed by atoms with Gasteiger partial charge in [0.05, 0.1) is 12.3 Å². The number of aliphatic hydroxyl groups excluding tert-OH is 1. The molecular weight excluding hydrogens is 254 g/mol. The van der Waals surface area contributed by atoms with Crippen LogP contribution in [0.2, 0.25) is 5.02 Å². The molecule has 18 heavy (non-hydrogen) atoms. The molecule has 0 spiro atoms. The predicted molar refractivity (Wildman–Crippen MR) is 67.9 cm³/mol. The average Bonchev–Trinajstić information content (AvgIpc) is 2.58. The van der Waals surface area contributed by atoms with E-state index in [0.29, 0.717) is 22.2 Å². The molecule has 96 valence electrons. The van der Waals surface area contributed by atoms with E-state index >= 15 is 0 Å². The Balaban J connectivity index is 2.34. The van der Waals surface area contributed by atoms with Gasteiger partial charge in [0, 0.05) is 13.2 Å². The molecule has 5 nitrogen and oxygen atoms in total. The summed E-state index contributed by atoms with van der Waals surface area (Å²) in [4.78, 5) is 4.08. The molecule has 2 aromatic heterocycles. The molecule has 0 unspecified atom stereocenters. The van der Waals surface area contributed by atoms with Crippen molar-refractivity contribution in [3.8, 4) is 11.6 Å². The molecule has 0 bridgehead atoms. The Bertz CT molecular complexity index is 581. The van der Waals surface area contributed by atoms with Crippen molar-refractivity contribution in [2.45, 2.75) is 20.5 Å². The fourth-order valence-electron chi connectivity index (χ4n) is 1.63. The van der Waals surface area contributed by atoms with Gasteiger partial charge in [-0.2, -0.15) is 5.10 Å². The third kappa shape index (κ3) is 2.32. The fraction of sp³-hybridized carbons (Fsp3) is 0.333. The van der Waals surface area contributed by atoms with E-state index in [1.807, 2.05) is 20.9 Å². The number of hydrogen-bond donors (Lipinski definition) is 1. The highest BCUT2D eigenvalue weighted by Gasteiger charge is 2.14. The van der Waals surface area contributed by atoms with Crippen LogP contribution in [0.3, 0.4) is 0 Å². The molecule has 0 saturated carbocycles. The average molecular weight is 268 g/mol. The molecule has 0 saturated heterocycles. The van der Waals surface area contributed by atoms with Crippen LogP contribution in [0.25, 0.3) is 0 Å². The quantitative estimate of drug-likeness (QED) is 0.927. The number of halogens is 1. The van der Waals surface area contributed by atoms with Crippen molar-refractivity contribution >= 4 is 11.6 Å². The van der Waals surface area contributed by atoms with Gasteiger partial charge in [0.2, 0.25) is 5.88 Å². The lowest BCUT2D eigenvalue weighted by atomic mass is 10.3. The summed E-state index contributed by atoms with van der Waals surface area (Å²) in [5.74, 6) is 0.969. The first-order valence-electron chi connectivity index (χ1n) is 5.46. The van der Waals surface area contributed by atoms with E-state index in [4.69, 9.17) is 21.4 Å². The zero-order valence-corrected chi connectivity index (χ0v) is 11.2. The first-order valence-corrected chi connectivity index (χ1v) is 5.84. The van der Waals surface area contributed by atoms with Crippen LogP contribution in [0.15, 0.2) is 12.3 Å². The van der Waals surface area contributed by atoms with Crippen LogP contribution >= 0.6 is 11.6 Å². The standard InChI is InChI=1S/C12H14ClN3O2/c1-7-11(8(2)16(3)15-7)18-12-10(13)4-9(6-17)5-14-12/h4-5,17H,6H2,1-3H3. The summed E-state index contributed by atoms with van der Waals surface area (Å²) in [7, 11) is 1.85. The number of aromatic nitrogens is 3. The van der Waals surface area contributed by atoms with Crippen LogP contribution in [-0.2, 0) is 13.7 Å². The number of pyridine rings is 1. The highest BCUT2D eigenvalue weighted by atomic mass is 35.5. The van der Waals surface area contributed by atoms with E-state index in [1.165, 1.54) is 6.20 Å². The van der Waals surface area contributed by atoms with Crippen molar-refractivity contribution < 1.29 is 9.84 Å². The van der Waals surface area contributed by atoms with Crippen LogP contribution in [0.1, 0.15) is 17.0 Å². The minimum Gasteiger partial charge on any atom is -0.434 e. The highest BCUT2D eigenvalue weighted by molar-refractivity contribution is 6.31. The molecule has 2 aromatic rings. The first-order chi connectivity index (χ1) is 8.52. The van der Waals surface area contributed by atoms with Gasteiger partial charge in [-0.25, -0.2) is 4.98 Å². The summed E-state index contributed by atoms with van der Waals surface area (Å²) in [5.41, 5.74) is 2.32. The molecule has 0 atom stereocenters. The molecule has 0 aliphatic rings. The third-order valence-corrected chi connectivity index (χ3v) is 2.96. The highest BCUT2D eigenvalue weighted by Crippen LogP contribution is 2.31. The van der Waals surface area contributed by atoms with Gasteiger partial charge in [-0.15, -0.1) is 0 Å². The fourth-order valence-corrected chi connectivity index (χ4v) is 1.85. The lowest BCUT2D eigenvalue weighted by Gasteiger charge is -2.07. The lowest BCUT2D eigenvalue weighted by molar-refractivity contribution is 0.281. The van der Waals surface area contributed by atoms with Crippen LogP contribution in [-0.4, -0.2) is 19.9 Å². The summed E-state index contributed by atoms with van der Waals surface area (Å²) in [6.45, 7) is 3.67. The number of nitrogens with zero attached hydrogens (tertiary/aromatic N) is 3. The summed E-state index contributed by atoms with van der Waals surface area (Å²) in [5, 5.41) is 13.6. The second-order valence-corrected chi connectivity index (χ2v) is 4.42. The van der Waals surface area contributed by atoms with Crippen molar-refractivity contribution in [3.63, 3.8) is 0 Å². The summed E-state index contributed by atoms with van der Waals surface area (Å²) >= 11 is 6.04. The first kappa shape index (κ1) is 12.9. The molecule has 2 heterocycles. The summed E-state index contributed by atoms with van der Waals surface area (Å²) in [6, 6.07) is 1.63. The van der Waals surface area contributed by atoms with Crippen molar-refractivity contribution in [1.82, 2.24) is 14.8 Å². The van der Waals surface area contributed by atoms with E-state index < -0.39 is 0 Å². The normalized spacial score (nSPS) is 10.7. The zero-order chi connectivity index (χ0) is 13.3. The van der Waals surface area contributed by atoms with Crippen LogP contribution < -0.4 is 4.74 Å². The Morgan fingerprint density at radius 2 is 2.17 bits per heavy atom. The van der Waals surface area contributed by atoms with E-state index in [2.05, 4.69) is 10.1 Å². The second-order valence-electron chi connectivity index (χ2n) is 4.01. The topological polar surface area (TPSA) is 60.2 Å². The van der Waals surface area contributed by atoms with Gasteiger partial charge in [0.15, 0.2) is 5.75 Å². The number of rotatable bonds is 3. The Kier molecular flexibility index (Phi) is 3.54. The van der Waals surface area contributed by atoms with E-state index in [-0.39, 0.29) is 6.61 Å². The lowest BCUT2D eigenvalue weighted by Crippen LogP contribution is -1.95.